The molecule has 2 aliphatic heterocycles. The van der Waals surface area contributed by atoms with Crippen molar-refractivity contribution >= 4 is 30.0 Å². The first-order chi connectivity index (χ1) is 20.9. The summed E-state index contributed by atoms with van der Waals surface area (Å²) in [6.45, 7) is -0.776. The third-order valence-electron chi connectivity index (χ3n) is 10.4. The molecule has 43 heavy (non-hydrogen) atoms. The Morgan fingerprint density at radius 1 is 0.837 bits per heavy atom. The van der Waals surface area contributed by atoms with Crippen molar-refractivity contribution in [3.05, 3.63) is 70.5 Å². The van der Waals surface area contributed by atoms with Crippen LogP contribution in [0.3, 0.4) is 0 Å². The van der Waals surface area contributed by atoms with Crippen molar-refractivity contribution in [1.82, 2.24) is 14.5 Å². The minimum absolute atomic E-state index is 0.107. The molecule has 4 fully saturated rings. The van der Waals surface area contributed by atoms with Crippen LogP contribution in [0.15, 0.2) is 59.4 Å². The number of piperidine rings is 2. The molecule has 10 heteroatoms. The van der Waals surface area contributed by atoms with Crippen molar-refractivity contribution in [3.8, 4) is 0 Å². The number of carbonyl (C=O) groups excluding carboxylic acids is 1. The summed E-state index contributed by atoms with van der Waals surface area (Å²) in [5, 5.41) is 0. The predicted molar refractivity (Wildman–Crippen MR) is 163 cm³/mol. The average Bonchev–Trinajstić information content (AvgIpc) is 3.00. The highest BCUT2D eigenvalue weighted by molar-refractivity contribution is 7.60. The van der Waals surface area contributed by atoms with Crippen LogP contribution in [-0.2, 0) is 13.8 Å². The van der Waals surface area contributed by atoms with Crippen LogP contribution in [0.1, 0.15) is 87.0 Å². The lowest BCUT2D eigenvalue weighted by Gasteiger charge is -2.55. The molecule has 4 bridgehead atoms. The molecule has 2 aliphatic carbocycles. The molecule has 4 aliphatic rings. The smallest absolute Gasteiger partial charge is 0.385 e. The van der Waals surface area contributed by atoms with E-state index in [0.29, 0.717) is 34.7 Å². The Balaban J connectivity index is 1.15. The number of carbonyl (C=O) groups is 1. The number of ether oxygens (including phenoxy) is 1. The Morgan fingerprint density at radius 2 is 1.49 bits per heavy atom. The van der Waals surface area contributed by atoms with Crippen LogP contribution in [0, 0.1) is 11.8 Å². The lowest BCUT2D eigenvalue weighted by atomic mass is 9.68. The van der Waals surface area contributed by atoms with E-state index >= 15 is 0 Å². The molecule has 2 saturated heterocycles. The van der Waals surface area contributed by atoms with Gasteiger partial charge in [0, 0.05) is 24.2 Å². The van der Waals surface area contributed by atoms with Gasteiger partial charge in [0.1, 0.15) is 0 Å². The first kappa shape index (κ1) is 28.9. The molecule has 2 saturated carbocycles. The molecule has 2 aromatic carbocycles. The van der Waals surface area contributed by atoms with Gasteiger partial charge in [-0.2, -0.15) is 0 Å². The molecule has 3 unspecified atom stereocenters. The lowest BCUT2D eigenvalue weighted by molar-refractivity contribution is -0.0485. The van der Waals surface area contributed by atoms with Crippen molar-refractivity contribution in [3.63, 3.8) is 0 Å². The van der Waals surface area contributed by atoms with E-state index in [1.807, 2.05) is 12.1 Å². The molecule has 228 valence electrons. The number of rotatable bonds is 7. The van der Waals surface area contributed by atoms with Gasteiger partial charge in [-0.1, -0.05) is 56.0 Å². The van der Waals surface area contributed by atoms with E-state index in [1.165, 1.54) is 44.9 Å². The third-order valence-corrected chi connectivity index (χ3v) is 11.6. The van der Waals surface area contributed by atoms with Gasteiger partial charge < -0.3 is 14.2 Å². The lowest BCUT2D eigenvalue weighted by Crippen LogP contribution is -2.59. The van der Waals surface area contributed by atoms with Crippen molar-refractivity contribution in [2.75, 3.05) is 6.79 Å². The Bertz CT molecular complexity index is 1570. The topological polar surface area (TPSA) is 111 Å². The first-order valence-corrected chi connectivity index (χ1v) is 17.4. The maximum atomic E-state index is 14.0. The van der Waals surface area contributed by atoms with Gasteiger partial charge in [0.15, 0.2) is 0 Å². The van der Waals surface area contributed by atoms with Crippen LogP contribution < -0.4 is 11.0 Å². The van der Waals surface area contributed by atoms with E-state index in [4.69, 9.17) is 9.26 Å². The van der Waals surface area contributed by atoms with Gasteiger partial charge in [-0.25, -0.2) is 9.78 Å². The zero-order chi connectivity index (χ0) is 29.6. The zero-order valence-corrected chi connectivity index (χ0v) is 25.3. The van der Waals surface area contributed by atoms with Crippen molar-refractivity contribution in [2.45, 2.75) is 94.8 Å². The summed E-state index contributed by atoms with van der Waals surface area (Å²) in [7, 11) is -4.71. The largest absolute Gasteiger partial charge is 0.434 e. The number of esters is 1. The van der Waals surface area contributed by atoms with E-state index in [0.717, 1.165) is 37.5 Å². The summed E-state index contributed by atoms with van der Waals surface area (Å²) in [6.07, 6.45) is 13.2. The number of hydrogen-bond acceptors (Lipinski definition) is 7. The molecular formula is C33H40N3O6P. The number of benzene rings is 2. The molecule has 3 heterocycles. The maximum Gasteiger partial charge on any atom is 0.385 e. The first-order valence-electron chi connectivity index (χ1n) is 15.9. The quantitative estimate of drug-likeness (QED) is 0.212. The van der Waals surface area contributed by atoms with Crippen LogP contribution in [0.4, 0.5) is 0 Å². The summed E-state index contributed by atoms with van der Waals surface area (Å²) >= 11 is 0. The standard InChI is InChI=1S/C33H40N3O6P/c37-32-31(43(39,40)42-21-41-33(38)24-10-2-1-3-11-24)34-29-14-4-5-15-30(29)36(32)28-19-25-12-7-13-26(20-28)35(25)27-17-22-8-6-9-23(16-22)18-27/h1-5,10-11,14-15,22-23,25-28H,6-9,12-13,16-21H2,(H,39,40)/t22-,23+,25-,26+,27?,28?. The minimum atomic E-state index is -4.71. The van der Waals surface area contributed by atoms with Crippen molar-refractivity contribution < 1.29 is 23.5 Å². The maximum absolute atomic E-state index is 14.0. The molecule has 3 aromatic rings. The summed E-state index contributed by atoms with van der Waals surface area (Å²) in [5.41, 5.74) is 0.273. The molecular weight excluding hydrogens is 565 g/mol. The summed E-state index contributed by atoms with van der Waals surface area (Å²) in [4.78, 5) is 44.5. The minimum Gasteiger partial charge on any atom is -0.434 e. The fourth-order valence-electron chi connectivity index (χ4n) is 8.69. The fourth-order valence-corrected chi connectivity index (χ4v) is 9.60. The molecule has 1 aromatic heterocycles. The molecule has 0 radical (unpaired) electrons. The van der Waals surface area contributed by atoms with Gasteiger partial charge in [0.25, 0.3) is 5.56 Å². The van der Waals surface area contributed by atoms with Crippen LogP contribution >= 0.6 is 7.60 Å². The van der Waals surface area contributed by atoms with Gasteiger partial charge in [-0.3, -0.25) is 18.8 Å². The number of fused-ring (bicyclic) bond motifs is 5. The third kappa shape index (κ3) is 5.73. The van der Waals surface area contributed by atoms with Crippen molar-refractivity contribution in [2.24, 2.45) is 11.8 Å². The highest BCUT2D eigenvalue weighted by Crippen LogP contribution is 2.48. The fraction of sp³-hybridized carbons (Fsp3) is 0.545. The van der Waals surface area contributed by atoms with E-state index in [2.05, 4.69) is 9.88 Å². The monoisotopic (exact) mass is 605 g/mol. The van der Waals surface area contributed by atoms with Gasteiger partial charge >= 0.3 is 13.6 Å². The normalized spacial score (nSPS) is 30.4. The van der Waals surface area contributed by atoms with Gasteiger partial charge in [0.2, 0.25) is 12.2 Å². The molecule has 9 nitrogen and oxygen atoms in total. The highest BCUT2D eigenvalue weighted by Gasteiger charge is 2.46. The van der Waals surface area contributed by atoms with Gasteiger partial charge in [0.05, 0.1) is 16.6 Å². The van der Waals surface area contributed by atoms with E-state index < -0.39 is 31.4 Å². The van der Waals surface area contributed by atoms with Crippen LogP contribution in [0.5, 0.6) is 0 Å². The zero-order valence-electron chi connectivity index (χ0n) is 24.4. The molecule has 1 N–H and O–H groups in total. The Morgan fingerprint density at radius 3 is 2.21 bits per heavy atom. The number of aromatic nitrogens is 2. The SMILES string of the molecule is O=C(OCOP(=O)(O)c1nc2ccccc2n(C2C[C@H]3CCC[C@@H](C2)N3C2C[C@H]3CCC[C@@H](C2)C3)c1=O)c1ccccc1. The van der Waals surface area contributed by atoms with E-state index in [9.17, 15) is 19.0 Å². The van der Waals surface area contributed by atoms with Crippen LogP contribution in [0.2, 0.25) is 0 Å². The Kier molecular flexibility index (Phi) is 8.01. The Hall–Kier alpha value is -2.84. The average molecular weight is 606 g/mol. The molecule has 0 spiro atoms. The van der Waals surface area contributed by atoms with Gasteiger partial charge in [-0.05, 0) is 81.0 Å². The van der Waals surface area contributed by atoms with Crippen LogP contribution in [0.25, 0.3) is 11.0 Å². The van der Waals surface area contributed by atoms with Gasteiger partial charge in [-0.15, -0.1) is 0 Å². The van der Waals surface area contributed by atoms with E-state index in [1.54, 1.807) is 47.0 Å². The summed E-state index contributed by atoms with van der Waals surface area (Å²) in [5.74, 6) is 1.02. The number of nitrogens with zero attached hydrogens (tertiary/aromatic N) is 3. The summed E-state index contributed by atoms with van der Waals surface area (Å²) < 4.78 is 25.4. The highest BCUT2D eigenvalue weighted by atomic mass is 31.2. The second-order valence-electron chi connectivity index (χ2n) is 13.0. The molecule has 7 rings (SSSR count). The molecule has 7 atom stereocenters. The summed E-state index contributed by atoms with van der Waals surface area (Å²) in [6, 6.07) is 16.9. The molecule has 0 amide bonds. The second kappa shape index (κ2) is 11.9. The Labute approximate surface area is 251 Å². The number of para-hydroxylation sites is 2. The van der Waals surface area contributed by atoms with Crippen LogP contribution in [-0.4, -0.2) is 50.2 Å². The van der Waals surface area contributed by atoms with Crippen molar-refractivity contribution in [1.29, 1.82) is 0 Å². The second-order valence-corrected chi connectivity index (χ2v) is 14.7. The predicted octanol–water partition coefficient (Wildman–Crippen LogP) is 5.57. The number of hydrogen-bond donors (Lipinski definition) is 1. The van der Waals surface area contributed by atoms with E-state index in [-0.39, 0.29) is 6.04 Å².